The molecular weight excluding hydrogens is 570 g/mol. The van der Waals surface area contributed by atoms with Gasteiger partial charge in [-0.25, -0.2) is 14.8 Å². The van der Waals surface area contributed by atoms with Gasteiger partial charge in [-0.1, -0.05) is 68.8 Å². The van der Waals surface area contributed by atoms with Crippen molar-refractivity contribution >= 4 is 23.9 Å². The molecule has 236 valence electrons. The third-order valence-electron chi connectivity index (χ3n) is 8.49. The number of benzene rings is 2. The molecule has 1 fully saturated rings. The number of imidazole rings is 2. The van der Waals surface area contributed by atoms with Gasteiger partial charge in [-0.15, -0.1) is 0 Å². The van der Waals surface area contributed by atoms with Crippen LogP contribution in [0, 0.1) is 11.8 Å². The Morgan fingerprint density at radius 1 is 0.889 bits per heavy atom. The van der Waals surface area contributed by atoms with Gasteiger partial charge < -0.3 is 24.9 Å². The minimum Gasteiger partial charge on any atom is -0.453 e. The predicted molar refractivity (Wildman–Crippen MR) is 173 cm³/mol. The molecule has 45 heavy (non-hydrogen) atoms. The number of aromatic amines is 2. The number of ether oxygens (including phenoxy) is 1. The van der Waals surface area contributed by atoms with Gasteiger partial charge in [0.05, 0.1) is 36.9 Å². The lowest BCUT2D eigenvalue weighted by Gasteiger charge is -2.32. The maximum Gasteiger partial charge on any atom is 0.407 e. The molecule has 4 N–H and O–H groups in total. The summed E-state index contributed by atoms with van der Waals surface area (Å²) in [7, 11) is 1.28. The molecule has 1 aliphatic carbocycles. The number of nitrogens with zero attached hydrogens (tertiary/aromatic N) is 3. The van der Waals surface area contributed by atoms with Crippen LogP contribution >= 0.6 is 0 Å². The smallest absolute Gasteiger partial charge is 0.407 e. The SMILES string of the molecule is CCN(C(=O)C(NC(=O)OC)C(C)C)C(C)c1ncc(-c2ccc(-c3ccc(-c4cnc(NC(=O)C5CCC5)[nH]4)cc3)cc2)[nH]1. The molecule has 1 aliphatic rings. The Morgan fingerprint density at radius 3 is 1.96 bits per heavy atom. The fourth-order valence-electron chi connectivity index (χ4n) is 5.45. The van der Waals surface area contributed by atoms with Crippen LogP contribution in [-0.4, -0.2) is 62.4 Å². The molecule has 0 saturated heterocycles. The lowest BCUT2D eigenvalue weighted by Crippen LogP contribution is -2.51. The van der Waals surface area contributed by atoms with Gasteiger partial charge >= 0.3 is 6.09 Å². The van der Waals surface area contributed by atoms with E-state index < -0.39 is 12.1 Å². The van der Waals surface area contributed by atoms with Crippen LogP contribution in [0.1, 0.15) is 58.8 Å². The summed E-state index contributed by atoms with van der Waals surface area (Å²) in [4.78, 5) is 54.7. The number of carbonyl (C=O) groups is 3. The van der Waals surface area contributed by atoms with Gasteiger partial charge in [0.1, 0.15) is 11.9 Å². The van der Waals surface area contributed by atoms with Crippen molar-refractivity contribution in [3.8, 4) is 33.6 Å². The number of hydrogen-bond donors (Lipinski definition) is 4. The number of carbonyl (C=O) groups excluding carboxylic acids is 3. The zero-order valence-corrected chi connectivity index (χ0v) is 26.4. The van der Waals surface area contributed by atoms with Crippen molar-refractivity contribution in [2.75, 3.05) is 19.0 Å². The quantitative estimate of drug-likeness (QED) is 0.160. The summed E-state index contributed by atoms with van der Waals surface area (Å²) < 4.78 is 4.72. The number of aromatic nitrogens is 4. The monoisotopic (exact) mass is 611 g/mol. The Balaban J connectivity index is 1.23. The van der Waals surface area contributed by atoms with Crippen molar-refractivity contribution in [2.24, 2.45) is 11.8 Å². The Kier molecular flexibility index (Phi) is 9.65. The molecule has 11 nitrogen and oxygen atoms in total. The number of nitrogens with one attached hydrogen (secondary N) is 4. The normalized spacial score (nSPS) is 14.4. The lowest BCUT2D eigenvalue weighted by molar-refractivity contribution is -0.136. The molecule has 2 unspecified atom stereocenters. The lowest BCUT2D eigenvalue weighted by atomic mass is 9.85. The highest BCUT2D eigenvalue weighted by Crippen LogP contribution is 2.30. The molecule has 4 aromatic rings. The van der Waals surface area contributed by atoms with Crippen LogP contribution in [0.15, 0.2) is 60.9 Å². The van der Waals surface area contributed by atoms with E-state index in [4.69, 9.17) is 4.74 Å². The van der Waals surface area contributed by atoms with Gasteiger partial charge in [0.25, 0.3) is 0 Å². The molecule has 1 saturated carbocycles. The molecule has 3 amide bonds. The number of H-pyrrole nitrogens is 2. The van der Waals surface area contributed by atoms with Crippen LogP contribution in [0.5, 0.6) is 0 Å². The Hall–Kier alpha value is -4.93. The Morgan fingerprint density at radius 2 is 1.44 bits per heavy atom. The van der Waals surface area contributed by atoms with E-state index >= 15 is 0 Å². The summed E-state index contributed by atoms with van der Waals surface area (Å²) in [6.45, 7) is 8.04. The summed E-state index contributed by atoms with van der Waals surface area (Å²) in [6.07, 6.45) is 5.87. The van der Waals surface area contributed by atoms with Crippen molar-refractivity contribution in [3.63, 3.8) is 0 Å². The number of methoxy groups -OCH3 is 1. The highest BCUT2D eigenvalue weighted by Gasteiger charge is 2.32. The molecule has 2 heterocycles. The molecule has 2 atom stereocenters. The minimum absolute atomic E-state index is 0.0321. The summed E-state index contributed by atoms with van der Waals surface area (Å²) in [5.74, 6) is 0.957. The first kappa shape index (κ1) is 31.5. The summed E-state index contributed by atoms with van der Waals surface area (Å²) in [5, 5.41) is 5.54. The van der Waals surface area contributed by atoms with Gasteiger partial charge in [-0.3, -0.25) is 14.9 Å². The maximum atomic E-state index is 13.4. The number of anilines is 1. The molecule has 5 rings (SSSR count). The van der Waals surface area contributed by atoms with Gasteiger partial charge in [-0.05, 0) is 54.9 Å². The van der Waals surface area contributed by atoms with Crippen molar-refractivity contribution in [1.29, 1.82) is 0 Å². The number of amides is 3. The van der Waals surface area contributed by atoms with Gasteiger partial charge in [-0.2, -0.15) is 0 Å². The Labute approximate surface area is 263 Å². The molecule has 2 aromatic carbocycles. The van der Waals surface area contributed by atoms with Gasteiger partial charge in [0.15, 0.2) is 0 Å². The van der Waals surface area contributed by atoms with Crippen molar-refractivity contribution < 1.29 is 19.1 Å². The first-order valence-corrected chi connectivity index (χ1v) is 15.5. The first-order valence-electron chi connectivity index (χ1n) is 15.5. The molecule has 0 radical (unpaired) electrons. The molecule has 0 spiro atoms. The molecule has 2 aromatic heterocycles. The van der Waals surface area contributed by atoms with Crippen molar-refractivity contribution in [2.45, 2.75) is 59.0 Å². The average Bonchev–Trinajstić information content (AvgIpc) is 3.70. The third-order valence-corrected chi connectivity index (χ3v) is 8.49. The molecule has 0 aliphatic heterocycles. The largest absolute Gasteiger partial charge is 0.453 e. The van der Waals surface area contributed by atoms with E-state index in [0.717, 1.165) is 52.9 Å². The van der Waals surface area contributed by atoms with E-state index in [1.54, 1.807) is 17.3 Å². The molecular formula is C34H41N7O4. The standard InChI is InChI=1S/C34H41N7O4/c1-6-41(32(43)29(20(2)3)39-34(44)45-5)21(4)30-35-18-27(37-30)24-14-10-22(11-15-24)23-12-16-25(17-13-23)28-19-36-33(38-28)40-31(42)26-8-7-9-26/h10-21,26,29H,6-9H2,1-5H3,(H,35,37)(H,39,44)(H2,36,38,40,42). The summed E-state index contributed by atoms with van der Waals surface area (Å²) >= 11 is 0. The average molecular weight is 612 g/mol. The second-order valence-electron chi connectivity index (χ2n) is 11.8. The van der Waals surface area contributed by atoms with Crippen LogP contribution in [-0.2, 0) is 14.3 Å². The van der Waals surface area contributed by atoms with Crippen LogP contribution in [0.3, 0.4) is 0 Å². The Bertz CT molecular complexity index is 1620. The summed E-state index contributed by atoms with van der Waals surface area (Å²) in [5.41, 5.74) is 5.77. The van der Waals surface area contributed by atoms with E-state index in [-0.39, 0.29) is 29.7 Å². The molecule has 11 heteroatoms. The van der Waals surface area contributed by atoms with Crippen LogP contribution in [0.25, 0.3) is 33.6 Å². The second kappa shape index (κ2) is 13.8. The number of likely N-dealkylation sites (N-methyl/N-ethyl adjacent to an activating group) is 1. The highest BCUT2D eigenvalue weighted by atomic mass is 16.5. The number of alkyl carbamates (subject to hydrolysis) is 1. The van der Waals surface area contributed by atoms with Crippen LogP contribution in [0.2, 0.25) is 0 Å². The maximum absolute atomic E-state index is 13.4. The van der Waals surface area contributed by atoms with Crippen LogP contribution < -0.4 is 10.6 Å². The summed E-state index contributed by atoms with van der Waals surface area (Å²) in [6, 6.07) is 15.3. The fraction of sp³-hybridized carbons (Fsp3) is 0.382. The van der Waals surface area contributed by atoms with E-state index in [1.165, 1.54) is 7.11 Å². The first-order chi connectivity index (χ1) is 21.7. The number of rotatable bonds is 11. The third kappa shape index (κ3) is 7.08. The number of hydrogen-bond acceptors (Lipinski definition) is 6. The fourth-order valence-corrected chi connectivity index (χ4v) is 5.45. The van der Waals surface area contributed by atoms with Gasteiger partial charge in [0, 0.05) is 12.5 Å². The van der Waals surface area contributed by atoms with E-state index in [0.29, 0.717) is 18.3 Å². The zero-order chi connectivity index (χ0) is 32.1. The topological polar surface area (TPSA) is 145 Å². The van der Waals surface area contributed by atoms with Crippen molar-refractivity contribution in [3.05, 3.63) is 66.7 Å². The van der Waals surface area contributed by atoms with Gasteiger partial charge in [0.2, 0.25) is 17.8 Å². The van der Waals surface area contributed by atoms with E-state index in [1.807, 2.05) is 52.0 Å². The highest BCUT2D eigenvalue weighted by molar-refractivity contribution is 5.91. The van der Waals surface area contributed by atoms with Crippen LogP contribution in [0.4, 0.5) is 10.7 Å². The predicted octanol–water partition coefficient (Wildman–Crippen LogP) is 6.16. The second-order valence-corrected chi connectivity index (χ2v) is 11.8. The van der Waals surface area contributed by atoms with E-state index in [9.17, 15) is 14.4 Å². The zero-order valence-electron chi connectivity index (χ0n) is 26.4. The van der Waals surface area contributed by atoms with E-state index in [2.05, 4.69) is 54.8 Å². The van der Waals surface area contributed by atoms with Crippen molar-refractivity contribution in [1.82, 2.24) is 30.2 Å². The minimum atomic E-state index is -0.711. The molecule has 0 bridgehead atoms.